The Kier molecular flexibility index (Phi) is 5.38. The zero-order chi connectivity index (χ0) is 21.6. The van der Waals surface area contributed by atoms with Crippen LogP contribution in [0.1, 0.15) is 37.7 Å². The highest BCUT2D eigenvalue weighted by Crippen LogP contribution is 2.46. The molecule has 0 unspecified atom stereocenters. The fraction of sp³-hybridized carbons (Fsp3) is 0.682. The Morgan fingerprint density at radius 2 is 2.10 bits per heavy atom. The molecule has 2 amide bonds. The molecular weight excluding hydrogens is 418 g/mol. The number of carbonyl (C=O) groups is 1. The van der Waals surface area contributed by atoms with E-state index in [1.807, 2.05) is 24.3 Å². The van der Waals surface area contributed by atoms with Crippen molar-refractivity contribution in [2.45, 2.75) is 61.5 Å². The molecule has 5 rings (SSSR count). The van der Waals surface area contributed by atoms with Crippen LogP contribution in [0.3, 0.4) is 0 Å². The van der Waals surface area contributed by atoms with E-state index in [-0.39, 0.29) is 18.2 Å². The largest absolute Gasteiger partial charge is 0.497 e. The number of carbonyl (C=O) groups excluding carboxylic acids is 1. The molecule has 1 aromatic rings. The molecule has 0 radical (unpaired) electrons. The topological polar surface area (TPSA) is 88.2 Å². The first-order valence-electron chi connectivity index (χ1n) is 11.2. The molecule has 1 saturated carbocycles. The second-order valence-electron chi connectivity index (χ2n) is 9.32. The van der Waals surface area contributed by atoms with Crippen LogP contribution in [0, 0.1) is 0 Å². The van der Waals surface area contributed by atoms with Gasteiger partial charge >= 0.3 is 6.03 Å². The predicted molar refractivity (Wildman–Crippen MR) is 116 cm³/mol. The number of methoxy groups -OCH3 is 1. The first-order valence-corrected chi connectivity index (χ1v) is 12.8. The van der Waals surface area contributed by atoms with Crippen molar-refractivity contribution in [1.82, 2.24) is 14.5 Å². The molecule has 31 heavy (non-hydrogen) atoms. The van der Waals surface area contributed by atoms with Gasteiger partial charge < -0.3 is 19.7 Å². The summed E-state index contributed by atoms with van der Waals surface area (Å²) in [5.74, 6) is 0.764. The van der Waals surface area contributed by atoms with Gasteiger partial charge in [-0.3, -0.25) is 0 Å². The first kappa shape index (κ1) is 21.0. The summed E-state index contributed by atoms with van der Waals surface area (Å²) in [5.41, 5.74) is 0.215. The van der Waals surface area contributed by atoms with Crippen LogP contribution in [-0.4, -0.2) is 79.9 Å². The average molecular weight is 450 g/mol. The van der Waals surface area contributed by atoms with Gasteiger partial charge in [-0.05, 0) is 43.4 Å². The van der Waals surface area contributed by atoms with Crippen molar-refractivity contribution in [3.8, 4) is 5.75 Å². The molecule has 1 aliphatic carbocycles. The lowest BCUT2D eigenvalue weighted by atomic mass is 9.99. The number of nitrogens with one attached hydrogen (secondary N) is 1. The number of rotatable bonds is 5. The molecular formula is C22H31N3O5S. The van der Waals surface area contributed by atoms with Gasteiger partial charge in [0.15, 0.2) is 0 Å². The van der Waals surface area contributed by atoms with Crippen LogP contribution in [0.15, 0.2) is 24.3 Å². The minimum absolute atomic E-state index is 0.0764. The molecule has 3 atom stereocenters. The smallest absolute Gasteiger partial charge is 0.317 e. The Morgan fingerprint density at radius 1 is 1.29 bits per heavy atom. The highest BCUT2D eigenvalue weighted by atomic mass is 32.2. The third kappa shape index (κ3) is 3.81. The number of likely N-dealkylation sites (tertiary alicyclic amines) is 1. The average Bonchev–Trinajstić information content (AvgIpc) is 3.40. The SMILES string of the molecule is COc1cccc(CCN2C[C@@]34CN(C(=O)NC5CCCC5)C[C@@H](C[C@@H]3S2(=O)=O)O4)c1. The monoisotopic (exact) mass is 449 g/mol. The molecule has 3 aliphatic heterocycles. The third-order valence-corrected chi connectivity index (χ3v) is 9.64. The van der Waals surface area contributed by atoms with Gasteiger partial charge in [-0.1, -0.05) is 25.0 Å². The highest BCUT2D eigenvalue weighted by Gasteiger charge is 2.65. The second kappa shape index (κ2) is 7.94. The molecule has 9 heteroatoms. The lowest BCUT2D eigenvalue weighted by Gasteiger charge is -2.39. The molecule has 1 aromatic carbocycles. The maximum atomic E-state index is 13.3. The van der Waals surface area contributed by atoms with E-state index < -0.39 is 20.9 Å². The lowest BCUT2D eigenvalue weighted by Crippen LogP contribution is -2.59. The number of amides is 2. The normalized spacial score (nSPS) is 32.2. The molecule has 4 fully saturated rings. The van der Waals surface area contributed by atoms with Gasteiger partial charge in [0.1, 0.15) is 16.6 Å². The summed E-state index contributed by atoms with van der Waals surface area (Å²) in [4.78, 5) is 14.6. The minimum atomic E-state index is -3.47. The van der Waals surface area contributed by atoms with Gasteiger partial charge in [0.25, 0.3) is 0 Å². The van der Waals surface area contributed by atoms with Crippen molar-refractivity contribution < 1.29 is 22.7 Å². The fourth-order valence-electron chi connectivity index (χ4n) is 5.72. The zero-order valence-electron chi connectivity index (χ0n) is 18.0. The van der Waals surface area contributed by atoms with Gasteiger partial charge in [0.05, 0.1) is 19.8 Å². The number of hydrogen-bond donors (Lipinski definition) is 1. The molecule has 3 saturated heterocycles. The number of ether oxygens (including phenoxy) is 2. The summed E-state index contributed by atoms with van der Waals surface area (Å²) < 4.78 is 39.7. The van der Waals surface area contributed by atoms with Crippen molar-refractivity contribution in [2.75, 3.05) is 33.3 Å². The summed E-state index contributed by atoms with van der Waals surface area (Å²) in [7, 11) is -1.85. The van der Waals surface area contributed by atoms with Crippen molar-refractivity contribution in [1.29, 1.82) is 0 Å². The number of fused-ring (bicyclic) bond motifs is 1. The van der Waals surface area contributed by atoms with E-state index in [9.17, 15) is 13.2 Å². The van der Waals surface area contributed by atoms with E-state index in [1.54, 1.807) is 16.3 Å². The summed E-state index contributed by atoms with van der Waals surface area (Å²) >= 11 is 0. The molecule has 8 nitrogen and oxygen atoms in total. The molecule has 3 heterocycles. The van der Waals surface area contributed by atoms with Crippen LogP contribution in [0.4, 0.5) is 4.79 Å². The van der Waals surface area contributed by atoms with Gasteiger partial charge in [0, 0.05) is 25.7 Å². The summed E-state index contributed by atoms with van der Waals surface area (Å²) in [6.07, 6.45) is 5.23. The Balaban J connectivity index is 1.28. The van der Waals surface area contributed by atoms with Crippen LogP contribution in [0.2, 0.25) is 0 Å². The van der Waals surface area contributed by atoms with E-state index in [2.05, 4.69) is 5.32 Å². The summed E-state index contributed by atoms with van der Waals surface area (Å²) in [5, 5.41) is 2.57. The standard InChI is InChI=1S/C22H31N3O5S/c1-29-18-8-4-5-16(11-18)9-10-25-15-22-14-24(21(26)23-17-6-2-3-7-17)13-19(30-22)12-20(22)31(25,27)28/h4-5,8,11,17,19-20H,2-3,6-7,9-10,12-15H2,1H3,(H,23,26)/t19-,20+,22+/m1/s1. The van der Waals surface area contributed by atoms with E-state index in [0.29, 0.717) is 39.0 Å². The molecule has 1 spiro atoms. The van der Waals surface area contributed by atoms with E-state index in [4.69, 9.17) is 9.47 Å². The Bertz CT molecular complexity index is 948. The van der Waals surface area contributed by atoms with Crippen LogP contribution in [0.25, 0.3) is 0 Å². The molecule has 170 valence electrons. The van der Waals surface area contributed by atoms with E-state index in [1.165, 1.54) is 0 Å². The molecule has 0 aromatic heterocycles. The molecule has 1 N–H and O–H groups in total. The maximum Gasteiger partial charge on any atom is 0.317 e. The molecule has 2 bridgehead atoms. The Hall–Kier alpha value is -1.84. The van der Waals surface area contributed by atoms with Gasteiger partial charge in [-0.2, -0.15) is 4.31 Å². The van der Waals surface area contributed by atoms with Crippen molar-refractivity contribution in [3.05, 3.63) is 29.8 Å². The second-order valence-corrected chi connectivity index (χ2v) is 11.4. The van der Waals surface area contributed by atoms with Crippen molar-refractivity contribution >= 4 is 16.1 Å². The highest BCUT2D eigenvalue weighted by molar-refractivity contribution is 7.90. The molecule has 4 aliphatic rings. The summed E-state index contributed by atoms with van der Waals surface area (Å²) in [6, 6.07) is 7.87. The third-order valence-electron chi connectivity index (χ3n) is 7.27. The number of morpholine rings is 1. The van der Waals surface area contributed by atoms with Gasteiger partial charge in [-0.15, -0.1) is 0 Å². The van der Waals surface area contributed by atoms with Gasteiger partial charge in [0.2, 0.25) is 10.0 Å². The van der Waals surface area contributed by atoms with Crippen LogP contribution >= 0.6 is 0 Å². The first-order chi connectivity index (χ1) is 14.9. The summed E-state index contributed by atoms with van der Waals surface area (Å²) in [6.45, 7) is 1.52. The van der Waals surface area contributed by atoms with E-state index >= 15 is 0 Å². The van der Waals surface area contributed by atoms with Gasteiger partial charge in [-0.25, -0.2) is 13.2 Å². The van der Waals surface area contributed by atoms with Crippen LogP contribution < -0.4 is 10.1 Å². The number of sulfonamides is 1. The maximum absolute atomic E-state index is 13.3. The number of benzene rings is 1. The zero-order valence-corrected chi connectivity index (χ0v) is 18.8. The lowest BCUT2D eigenvalue weighted by molar-refractivity contribution is -0.0955. The Labute approximate surface area is 183 Å². The fourth-order valence-corrected chi connectivity index (χ4v) is 8.03. The Morgan fingerprint density at radius 3 is 2.87 bits per heavy atom. The number of urea groups is 1. The van der Waals surface area contributed by atoms with Crippen molar-refractivity contribution in [2.24, 2.45) is 0 Å². The van der Waals surface area contributed by atoms with E-state index in [0.717, 1.165) is 37.0 Å². The minimum Gasteiger partial charge on any atom is -0.497 e. The quantitative estimate of drug-likeness (QED) is 0.740. The number of nitrogens with zero attached hydrogens (tertiary/aromatic N) is 2. The van der Waals surface area contributed by atoms with Crippen molar-refractivity contribution in [3.63, 3.8) is 0 Å². The number of hydrogen-bond acceptors (Lipinski definition) is 5. The van der Waals surface area contributed by atoms with Crippen LogP contribution in [-0.2, 0) is 21.2 Å². The van der Waals surface area contributed by atoms with Crippen LogP contribution in [0.5, 0.6) is 5.75 Å². The predicted octanol–water partition coefficient (Wildman–Crippen LogP) is 1.75.